The van der Waals surface area contributed by atoms with E-state index in [2.05, 4.69) is 27.2 Å². The van der Waals surface area contributed by atoms with Gasteiger partial charge in [-0.15, -0.1) is 0 Å². The second-order valence-electron chi connectivity index (χ2n) is 8.23. The number of rotatable bonds is 7. The van der Waals surface area contributed by atoms with Crippen LogP contribution in [0.4, 0.5) is 0 Å². The fraction of sp³-hybridized carbons (Fsp3) is 0.391. The van der Waals surface area contributed by atoms with Crippen molar-refractivity contribution in [3.8, 4) is 11.4 Å². The maximum Gasteiger partial charge on any atom is 0.243 e. The van der Waals surface area contributed by atoms with E-state index in [1.165, 1.54) is 5.56 Å². The molecule has 1 aliphatic rings. The Balaban J connectivity index is 1.43. The van der Waals surface area contributed by atoms with Gasteiger partial charge in [0.15, 0.2) is 0 Å². The Morgan fingerprint density at radius 1 is 0.935 bits per heavy atom. The van der Waals surface area contributed by atoms with Gasteiger partial charge >= 0.3 is 0 Å². The van der Waals surface area contributed by atoms with Crippen LogP contribution < -0.4 is 0 Å². The molecule has 1 saturated heterocycles. The van der Waals surface area contributed by atoms with E-state index < -0.39 is 10.0 Å². The van der Waals surface area contributed by atoms with Gasteiger partial charge in [-0.3, -0.25) is 0 Å². The van der Waals surface area contributed by atoms with E-state index in [4.69, 9.17) is 4.52 Å². The fourth-order valence-electron chi connectivity index (χ4n) is 3.78. The number of piperidine rings is 1. The van der Waals surface area contributed by atoms with Crippen molar-refractivity contribution in [1.82, 2.24) is 19.3 Å². The lowest BCUT2D eigenvalue weighted by Crippen LogP contribution is -2.35. The van der Waals surface area contributed by atoms with Crippen LogP contribution >= 0.6 is 0 Å². The Kier molecular flexibility index (Phi) is 6.50. The van der Waals surface area contributed by atoms with Crippen molar-refractivity contribution in [2.45, 2.75) is 37.1 Å². The lowest BCUT2D eigenvalue weighted by atomic mass is 10.1. The molecule has 0 saturated carbocycles. The summed E-state index contributed by atoms with van der Waals surface area (Å²) >= 11 is 0. The molecule has 31 heavy (non-hydrogen) atoms. The number of benzene rings is 2. The largest absolute Gasteiger partial charge is 0.339 e. The molecule has 0 amide bonds. The quantitative estimate of drug-likeness (QED) is 0.559. The van der Waals surface area contributed by atoms with E-state index in [1.807, 2.05) is 38.4 Å². The zero-order valence-corrected chi connectivity index (χ0v) is 18.8. The van der Waals surface area contributed by atoms with Gasteiger partial charge in [-0.1, -0.05) is 48.0 Å². The van der Waals surface area contributed by atoms with Crippen LogP contribution in [0.2, 0.25) is 0 Å². The van der Waals surface area contributed by atoms with Crippen LogP contribution in [-0.2, 0) is 23.0 Å². The van der Waals surface area contributed by atoms with Crippen molar-refractivity contribution >= 4 is 10.0 Å². The first-order chi connectivity index (χ1) is 14.9. The van der Waals surface area contributed by atoms with E-state index in [0.29, 0.717) is 36.1 Å². The molecule has 0 aliphatic carbocycles. The van der Waals surface area contributed by atoms with E-state index in [0.717, 1.165) is 36.9 Å². The molecular formula is C23H28N4O3S. The molecule has 8 heteroatoms. The molecule has 1 fully saturated rings. The average molecular weight is 441 g/mol. The summed E-state index contributed by atoms with van der Waals surface area (Å²) in [7, 11) is 0.657. The number of hydrogen-bond donors (Lipinski definition) is 0. The van der Waals surface area contributed by atoms with Gasteiger partial charge in [0.25, 0.3) is 0 Å². The molecule has 0 N–H and O–H groups in total. The van der Waals surface area contributed by atoms with E-state index >= 15 is 0 Å². The van der Waals surface area contributed by atoms with Crippen LogP contribution in [0.3, 0.4) is 0 Å². The predicted molar refractivity (Wildman–Crippen MR) is 119 cm³/mol. The van der Waals surface area contributed by atoms with Crippen LogP contribution in [0, 0.1) is 0 Å². The molecule has 1 aromatic heterocycles. The Morgan fingerprint density at radius 2 is 1.58 bits per heavy atom. The lowest BCUT2D eigenvalue weighted by molar-refractivity contribution is 0.346. The minimum absolute atomic E-state index is 0.335. The Hall–Kier alpha value is -2.55. The molecule has 0 unspecified atom stereocenters. The molecule has 2 aromatic carbocycles. The molecule has 1 aliphatic heterocycles. The molecule has 164 valence electrons. The normalized spacial score (nSPS) is 15.5. The highest BCUT2D eigenvalue weighted by atomic mass is 32.2. The second-order valence-corrected chi connectivity index (χ2v) is 10.2. The van der Waals surface area contributed by atoms with Crippen molar-refractivity contribution in [2.75, 3.05) is 27.2 Å². The number of aromatic nitrogens is 2. The van der Waals surface area contributed by atoms with E-state index in [1.54, 1.807) is 16.4 Å². The van der Waals surface area contributed by atoms with Crippen LogP contribution in [0.25, 0.3) is 11.4 Å². The zero-order chi connectivity index (χ0) is 21.8. The third-order valence-electron chi connectivity index (χ3n) is 5.41. The first kappa shape index (κ1) is 21.7. The molecule has 7 nitrogen and oxygen atoms in total. The maximum absolute atomic E-state index is 12.8. The number of sulfonamides is 1. The molecule has 3 aromatic rings. The van der Waals surface area contributed by atoms with Gasteiger partial charge in [-0.2, -0.15) is 9.29 Å². The van der Waals surface area contributed by atoms with Gasteiger partial charge in [0, 0.05) is 25.2 Å². The highest BCUT2D eigenvalue weighted by molar-refractivity contribution is 7.89. The summed E-state index contributed by atoms with van der Waals surface area (Å²) in [4.78, 5) is 6.95. The highest BCUT2D eigenvalue weighted by Crippen LogP contribution is 2.22. The highest BCUT2D eigenvalue weighted by Gasteiger charge is 2.25. The fourth-order valence-corrected chi connectivity index (χ4v) is 5.29. The SMILES string of the molecule is CN(C)Cc1ccc(-c2noc(Cc3ccc(S(=O)(=O)N4CCCCC4)cc3)n2)cc1. The monoisotopic (exact) mass is 440 g/mol. The summed E-state index contributed by atoms with van der Waals surface area (Å²) in [6.07, 6.45) is 3.40. The molecule has 2 heterocycles. The summed E-state index contributed by atoms with van der Waals surface area (Å²) in [6.45, 7) is 2.08. The van der Waals surface area contributed by atoms with E-state index in [9.17, 15) is 8.42 Å². The van der Waals surface area contributed by atoms with Crippen molar-refractivity contribution in [3.63, 3.8) is 0 Å². The van der Waals surface area contributed by atoms with Gasteiger partial charge < -0.3 is 9.42 Å². The maximum atomic E-state index is 12.8. The lowest BCUT2D eigenvalue weighted by Gasteiger charge is -2.25. The van der Waals surface area contributed by atoms with Gasteiger partial charge in [-0.05, 0) is 50.2 Å². The molecule has 0 atom stereocenters. The molecular weight excluding hydrogens is 412 g/mol. The Bertz CT molecular complexity index is 1100. The molecule has 4 rings (SSSR count). The average Bonchev–Trinajstić information content (AvgIpc) is 3.23. The van der Waals surface area contributed by atoms with Gasteiger partial charge in [0.05, 0.1) is 11.3 Å². The second kappa shape index (κ2) is 9.30. The number of hydrogen-bond acceptors (Lipinski definition) is 6. The Labute approximate surface area is 183 Å². The summed E-state index contributed by atoms with van der Waals surface area (Å²) in [5.41, 5.74) is 3.05. The first-order valence-electron chi connectivity index (χ1n) is 10.6. The van der Waals surface area contributed by atoms with Crippen molar-refractivity contribution < 1.29 is 12.9 Å². The third-order valence-corrected chi connectivity index (χ3v) is 7.32. The standard InChI is InChI=1S/C23H28N4O3S/c1-26(2)17-19-6-10-20(11-7-19)23-24-22(30-25-23)16-18-8-12-21(13-9-18)31(28,29)27-14-4-3-5-15-27/h6-13H,3-5,14-17H2,1-2H3. The molecule has 0 spiro atoms. The van der Waals surface area contributed by atoms with E-state index in [-0.39, 0.29) is 0 Å². The van der Waals surface area contributed by atoms with Crippen molar-refractivity contribution in [2.24, 2.45) is 0 Å². The molecule has 0 bridgehead atoms. The number of nitrogens with zero attached hydrogens (tertiary/aromatic N) is 4. The van der Waals surface area contributed by atoms with Crippen molar-refractivity contribution in [1.29, 1.82) is 0 Å². The van der Waals surface area contributed by atoms with Gasteiger partial charge in [0.1, 0.15) is 0 Å². The van der Waals surface area contributed by atoms with Crippen LogP contribution in [0.15, 0.2) is 57.9 Å². The van der Waals surface area contributed by atoms with Crippen LogP contribution in [0.1, 0.15) is 36.3 Å². The van der Waals surface area contributed by atoms with Gasteiger partial charge in [0.2, 0.25) is 21.7 Å². The molecule has 0 radical (unpaired) electrons. The summed E-state index contributed by atoms with van der Waals surface area (Å²) in [6, 6.07) is 15.1. The predicted octanol–water partition coefficient (Wildman–Crippen LogP) is 3.56. The van der Waals surface area contributed by atoms with Crippen molar-refractivity contribution in [3.05, 3.63) is 65.5 Å². The Morgan fingerprint density at radius 3 is 2.23 bits per heavy atom. The third kappa shape index (κ3) is 5.20. The minimum atomic E-state index is -3.42. The van der Waals surface area contributed by atoms with Crippen LogP contribution in [0.5, 0.6) is 0 Å². The summed E-state index contributed by atoms with van der Waals surface area (Å²) in [5.74, 6) is 1.05. The zero-order valence-electron chi connectivity index (χ0n) is 18.0. The summed E-state index contributed by atoms with van der Waals surface area (Å²) in [5, 5.41) is 4.09. The smallest absolute Gasteiger partial charge is 0.243 e. The minimum Gasteiger partial charge on any atom is -0.339 e. The topological polar surface area (TPSA) is 79.5 Å². The summed E-state index contributed by atoms with van der Waals surface area (Å²) < 4.78 is 32.6. The van der Waals surface area contributed by atoms with Crippen LogP contribution in [-0.4, -0.2) is 54.9 Å². The first-order valence-corrected chi connectivity index (χ1v) is 12.0. The van der Waals surface area contributed by atoms with Gasteiger partial charge in [-0.25, -0.2) is 8.42 Å².